The number of nitrogens with zero attached hydrogens (tertiary/aromatic N) is 2. The van der Waals surface area contributed by atoms with E-state index in [9.17, 15) is 18.9 Å². The van der Waals surface area contributed by atoms with Gasteiger partial charge in [-0.25, -0.2) is 14.4 Å². The quantitative estimate of drug-likeness (QED) is 0.376. The van der Waals surface area contributed by atoms with Gasteiger partial charge >= 0.3 is 11.7 Å². The third kappa shape index (κ3) is 6.67. The van der Waals surface area contributed by atoms with Crippen LogP contribution in [0.2, 0.25) is 0 Å². The molecule has 0 fully saturated rings. The molecule has 0 aromatic carbocycles. The number of aliphatic carboxylic acids is 1. The number of hydrogen-bond acceptors (Lipinski definition) is 8. The zero-order chi connectivity index (χ0) is 21.8. The van der Waals surface area contributed by atoms with E-state index in [2.05, 4.69) is 9.97 Å². The van der Waals surface area contributed by atoms with E-state index in [0.717, 1.165) is 5.69 Å². The summed E-state index contributed by atoms with van der Waals surface area (Å²) in [5.74, 6) is -0.788. The minimum absolute atomic E-state index is 0.0940. The molecule has 2 heterocycles. The van der Waals surface area contributed by atoms with Gasteiger partial charge in [0.2, 0.25) is 7.95 Å². The molecule has 1 unspecified atom stereocenters. The molecule has 0 spiro atoms. The molecule has 1 aliphatic rings. The first-order valence-electron chi connectivity index (χ1n) is 9.13. The predicted octanol–water partition coefficient (Wildman–Crippen LogP) is 1.65. The summed E-state index contributed by atoms with van der Waals surface area (Å²) in [6.45, 7) is 5.19. The van der Waals surface area contributed by atoms with Crippen LogP contribution in [0, 0.1) is 0 Å². The van der Waals surface area contributed by atoms with E-state index in [1.807, 2.05) is 0 Å². The molecule has 0 radical (unpaired) electrons. The topological polar surface area (TPSA) is 156 Å². The van der Waals surface area contributed by atoms with Crippen molar-refractivity contribution in [1.82, 2.24) is 14.6 Å². The lowest BCUT2D eigenvalue weighted by Gasteiger charge is -2.33. The van der Waals surface area contributed by atoms with Gasteiger partial charge in [0.25, 0.3) is 0 Å². The zero-order valence-corrected chi connectivity index (χ0v) is 18.5. The number of aromatic amines is 1. The number of ketones is 1. The third-order valence-corrected chi connectivity index (χ3v) is 6.70. The van der Waals surface area contributed by atoms with Gasteiger partial charge in [-0.2, -0.15) is 11.8 Å². The Bertz CT molecular complexity index is 793. The number of imidazole rings is 1. The molecule has 0 saturated carbocycles. The molecule has 10 nitrogen and oxygen atoms in total. The summed E-state index contributed by atoms with van der Waals surface area (Å²) in [5.41, 5.74) is 5.26. The molecule has 2 rings (SSSR count). The highest BCUT2D eigenvalue weighted by Gasteiger charge is 2.39. The summed E-state index contributed by atoms with van der Waals surface area (Å²) in [6, 6.07) is -1.73. The van der Waals surface area contributed by atoms with Crippen LogP contribution in [0.5, 0.6) is 0 Å². The smallest absolute Gasteiger partial charge is 0.376 e. The molecule has 0 amide bonds. The number of nitrogens with two attached hydrogens (primary N) is 1. The van der Waals surface area contributed by atoms with E-state index in [0.29, 0.717) is 11.4 Å². The Hall–Kier alpha value is -1.68. The normalized spacial score (nSPS) is 19.2. The summed E-state index contributed by atoms with van der Waals surface area (Å²) in [6.07, 6.45) is 1.98. The molecule has 3 atom stereocenters. The number of nitrogens with one attached hydrogen (secondary N) is 1. The predicted molar refractivity (Wildman–Crippen MR) is 109 cm³/mol. The van der Waals surface area contributed by atoms with Gasteiger partial charge in [-0.15, -0.1) is 0 Å². The number of Topliss-reactive ketones (excluding diaryl/α,β-unsaturated/α-hetero) is 1. The van der Waals surface area contributed by atoms with Gasteiger partial charge in [-0.05, 0) is 32.9 Å². The molecule has 4 N–H and O–H groups in total. The van der Waals surface area contributed by atoms with Crippen LogP contribution in [0.3, 0.4) is 0 Å². The third-order valence-electron chi connectivity index (χ3n) is 4.24. The van der Waals surface area contributed by atoms with Gasteiger partial charge in [0.05, 0.1) is 29.5 Å². The Morgan fingerprint density at radius 1 is 1.48 bits per heavy atom. The molecule has 1 aromatic rings. The van der Waals surface area contributed by atoms with Crippen molar-refractivity contribution in [3.05, 3.63) is 17.7 Å². The highest BCUT2D eigenvalue weighted by Crippen LogP contribution is 2.39. The molecule has 1 aromatic heterocycles. The van der Waals surface area contributed by atoms with Gasteiger partial charge in [-0.1, -0.05) is 0 Å². The average molecular weight is 446 g/mol. The Morgan fingerprint density at radius 3 is 2.79 bits per heavy atom. The van der Waals surface area contributed by atoms with Crippen molar-refractivity contribution in [2.75, 3.05) is 11.5 Å². The van der Waals surface area contributed by atoms with E-state index in [-0.39, 0.29) is 30.9 Å². The summed E-state index contributed by atoms with van der Waals surface area (Å²) >= 11 is 1.26. The fourth-order valence-corrected chi connectivity index (χ4v) is 5.19. The summed E-state index contributed by atoms with van der Waals surface area (Å²) < 4.78 is 19.5. The van der Waals surface area contributed by atoms with Crippen molar-refractivity contribution in [2.24, 2.45) is 5.73 Å². The number of ether oxygens (including phenoxy) is 1. The van der Waals surface area contributed by atoms with Crippen LogP contribution in [0.1, 0.15) is 38.6 Å². The summed E-state index contributed by atoms with van der Waals surface area (Å²) in [5, 5.41) is 8.80. The number of fused-ring (bicyclic) bond motifs is 1. The van der Waals surface area contributed by atoms with Gasteiger partial charge in [0, 0.05) is 13.0 Å². The van der Waals surface area contributed by atoms with Crippen LogP contribution < -0.4 is 5.73 Å². The van der Waals surface area contributed by atoms with Crippen LogP contribution in [-0.2, 0) is 31.9 Å². The molecule has 0 bridgehead atoms. The number of carboxylic acid groups (broad SMARTS) is 1. The molecule has 0 saturated heterocycles. The molecule has 12 heteroatoms. The minimum Gasteiger partial charge on any atom is -0.480 e. The Balaban J connectivity index is 2.05. The fourth-order valence-electron chi connectivity index (χ4n) is 2.78. The van der Waals surface area contributed by atoms with E-state index >= 15 is 0 Å². The molecule has 29 heavy (non-hydrogen) atoms. The molecule has 162 valence electrons. The second kappa shape index (κ2) is 9.88. The highest BCUT2D eigenvalue weighted by molar-refractivity contribution is 7.99. The standard InChI is InChI=1S/C17H27N4O6PS/c1-17(2,3)27-16(25)28(26)21-7-12-11(19-9-20-12)6-13(21)14(22)8-29-5-4-10(18)15(23)24/h9-10,13,28H,4-8,18H2,1-3H3,(H,19,20)(H,23,24)/t10-,13-/m0/s1. The van der Waals surface area contributed by atoms with E-state index in [4.69, 9.17) is 15.6 Å². The van der Waals surface area contributed by atoms with E-state index in [1.165, 1.54) is 22.8 Å². The number of carboxylic acids is 1. The maximum atomic E-state index is 12.9. The van der Waals surface area contributed by atoms with E-state index < -0.39 is 37.3 Å². The average Bonchev–Trinajstić information content (AvgIpc) is 3.09. The second-order valence-electron chi connectivity index (χ2n) is 7.73. The Kier molecular flexibility index (Phi) is 8.04. The number of carbonyl (C=O) groups is 3. The Morgan fingerprint density at radius 2 is 2.17 bits per heavy atom. The van der Waals surface area contributed by atoms with Gasteiger partial charge in [0.1, 0.15) is 11.6 Å². The molecule has 0 aliphatic carbocycles. The Labute approximate surface area is 173 Å². The van der Waals surface area contributed by atoms with Gasteiger partial charge in [0.15, 0.2) is 5.78 Å². The number of H-pyrrole nitrogens is 1. The second-order valence-corrected chi connectivity index (χ2v) is 10.4. The molecular formula is C17H27N4O6PS. The first kappa shape index (κ1) is 23.6. The number of hydrogen-bond donors (Lipinski definition) is 3. The van der Waals surface area contributed by atoms with Crippen LogP contribution >= 0.6 is 19.7 Å². The number of rotatable bonds is 9. The number of carbonyl (C=O) groups excluding carboxylic acids is 2. The monoisotopic (exact) mass is 446 g/mol. The summed E-state index contributed by atoms with van der Waals surface area (Å²) in [4.78, 5) is 43.0. The largest absolute Gasteiger partial charge is 0.480 e. The fraction of sp³-hybridized carbons (Fsp3) is 0.647. The van der Waals surface area contributed by atoms with Crippen LogP contribution in [0.15, 0.2) is 6.33 Å². The maximum absolute atomic E-state index is 12.9. The first-order valence-corrected chi connectivity index (χ1v) is 11.6. The minimum atomic E-state index is -3.02. The van der Waals surface area contributed by atoms with Crippen molar-refractivity contribution < 1.29 is 28.8 Å². The van der Waals surface area contributed by atoms with Crippen LogP contribution in [-0.4, -0.2) is 66.4 Å². The lowest BCUT2D eigenvalue weighted by Crippen LogP contribution is -2.43. The van der Waals surface area contributed by atoms with Crippen molar-refractivity contribution in [2.45, 2.75) is 57.8 Å². The number of thioether (sulfide) groups is 1. The van der Waals surface area contributed by atoms with Crippen molar-refractivity contribution in [1.29, 1.82) is 0 Å². The van der Waals surface area contributed by atoms with Crippen molar-refractivity contribution in [3.63, 3.8) is 0 Å². The SMILES string of the molecule is CC(C)(C)OC(=O)[PH](=O)N1Cc2[nH]cnc2C[C@H]1C(=O)CSCC[C@H](N)C(=O)O. The van der Waals surface area contributed by atoms with Crippen LogP contribution in [0.4, 0.5) is 4.79 Å². The van der Waals surface area contributed by atoms with Gasteiger partial charge < -0.3 is 20.6 Å². The lowest BCUT2D eigenvalue weighted by atomic mass is 10.0. The highest BCUT2D eigenvalue weighted by atomic mass is 32.2. The van der Waals surface area contributed by atoms with Gasteiger partial charge in [-0.3, -0.25) is 14.2 Å². The lowest BCUT2D eigenvalue weighted by molar-refractivity contribution is -0.138. The van der Waals surface area contributed by atoms with Crippen molar-refractivity contribution in [3.8, 4) is 0 Å². The number of aromatic nitrogens is 2. The molecule has 1 aliphatic heterocycles. The van der Waals surface area contributed by atoms with Crippen molar-refractivity contribution >= 4 is 37.2 Å². The molecular weight excluding hydrogens is 419 g/mol. The van der Waals surface area contributed by atoms with E-state index in [1.54, 1.807) is 20.8 Å². The zero-order valence-electron chi connectivity index (χ0n) is 16.6. The maximum Gasteiger partial charge on any atom is 0.376 e. The summed E-state index contributed by atoms with van der Waals surface area (Å²) in [7, 11) is -3.02. The first-order chi connectivity index (χ1) is 13.5. The van der Waals surface area contributed by atoms with Crippen LogP contribution in [0.25, 0.3) is 0 Å².